The van der Waals surface area contributed by atoms with Gasteiger partial charge in [0.2, 0.25) is 11.8 Å². The van der Waals surface area contributed by atoms with E-state index < -0.39 is 47.6 Å². The summed E-state index contributed by atoms with van der Waals surface area (Å²) in [6, 6.07) is 12.7. The molecule has 0 saturated heterocycles. The first-order valence-corrected chi connectivity index (χ1v) is 13.9. The summed E-state index contributed by atoms with van der Waals surface area (Å²) < 4.78 is 10.4. The van der Waals surface area contributed by atoms with E-state index in [2.05, 4.69) is 10.6 Å². The van der Waals surface area contributed by atoms with Gasteiger partial charge in [-0.2, -0.15) is 0 Å². The first-order chi connectivity index (χ1) is 19.4. The zero-order chi connectivity index (χ0) is 30.6. The summed E-state index contributed by atoms with van der Waals surface area (Å²) in [5.74, 6) is -1.43. The van der Waals surface area contributed by atoms with Gasteiger partial charge in [-0.25, -0.2) is 4.79 Å². The van der Waals surface area contributed by atoms with E-state index in [4.69, 9.17) is 9.47 Å². The molecule has 0 radical (unpaired) electrons. The molecule has 224 valence electrons. The van der Waals surface area contributed by atoms with Crippen LogP contribution in [0.1, 0.15) is 71.6 Å². The first kappa shape index (κ1) is 33.1. The fraction of sp³-hybridized carbons (Fsp3) is 0.484. The Kier molecular flexibility index (Phi) is 12.6. The summed E-state index contributed by atoms with van der Waals surface area (Å²) in [6.07, 6.45) is -0.105. The third-order valence-corrected chi connectivity index (χ3v) is 6.26. The van der Waals surface area contributed by atoms with E-state index in [1.54, 1.807) is 39.8 Å². The van der Waals surface area contributed by atoms with Gasteiger partial charge in [-0.15, -0.1) is 0 Å². The van der Waals surface area contributed by atoms with Crippen molar-refractivity contribution >= 4 is 23.9 Å². The van der Waals surface area contributed by atoms with Crippen molar-refractivity contribution in [2.75, 3.05) is 13.2 Å². The van der Waals surface area contributed by atoms with E-state index in [0.29, 0.717) is 12.0 Å². The normalized spacial score (nSPS) is 13.3. The summed E-state index contributed by atoms with van der Waals surface area (Å²) in [5, 5.41) is 15.4. The van der Waals surface area contributed by atoms with Crippen molar-refractivity contribution in [1.29, 1.82) is 0 Å². The molecule has 10 heteroatoms. The highest BCUT2D eigenvalue weighted by Crippen LogP contribution is 2.28. The van der Waals surface area contributed by atoms with Crippen LogP contribution in [0.25, 0.3) is 0 Å². The Morgan fingerprint density at radius 3 is 2.17 bits per heavy atom. The van der Waals surface area contributed by atoms with Crippen LogP contribution >= 0.6 is 0 Å². The number of carbonyl (C=O) groups excluding carboxylic acids is 4. The zero-order valence-corrected chi connectivity index (χ0v) is 24.8. The Hall–Kier alpha value is -4.08. The first-order valence-electron chi connectivity index (χ1n) is 13.9. The molecule has 3 unspecified atom stereocenters. The quantitative estimate of drug-likeness (QED) is 0.307. The topological polar surface area (TPSA) is 134 Å². The molecule has 0 aliphatic heterocycles. The lowest BCUT2D eigenvalue weighted by Crippen LogP contribution is -2.56. The van der Waals surface area contributed by atoms with Gasteiger partial charge >= 0.3 is 12.1 Å². The Morgan fingerprint density at radius 2 is 1.61 bits per heavy atom. The minimum absolute atomic E-state index is 0.00480. The molecule has 0 saturated carbocycles. The number of esters is 1. The highest BCUT2D eigenvalue weighted by atomic mass is 16.6. The highest BCUT2D eigenvalue weighted by molar-refractivity contribution is 5.92. The number of hydrogen-bond donors (Lipinski definition) is 3. The number of amides is 3. The van der Waals surface area contributed by atoms with Gasteiger partial charge < -0.3 is 30.1 Å². The molecule has 3 N–H and O–H groups in total. The average molecular weight is 570 g/mol. The average Bonchev–Trinajstić information content (AvgIpc) is 2.91. The molecule has 2 aromatic carbocycles. The van der Waals surface area contributed by atoms with E-state index in [0.717, 1.165) is 5.56 Å². The van der Waals surface area contributed by atoms with Crippen molar-refractivity contribution in [2.45, 2.75) is 84.5 Å². The molecule has 3 amide bonds. The molecule has 10 nitrogen and oxygen atoms in total. The fourth-order valence-electron chi connectivity index (χ4n) is 4.19. The minimum atomic E-state index is -1.11. The number of phenolic OH excluding ortho intramolecular Hbond substituents is 1. The molecule has 2 aromatic rings. The second-order valence-corrected chi connectivity index (χ2v) is 10.7. The van der Waals surface area contributed by atoms with Crippen LogP contribution < -0.4 is 10.6 Å². The van der Waals surface area contributed by atoms with Gasteiger partial charge in [0, 0.05) is 19.0 Å². The minimum Gasteiger partial charge on any atom is -0.508 e. The molecule has 0 fully saturated rings. The summed E-state index contributed by atoms with van der Waals surface area (Å²) in [6.45, 7) is 10.8. The van der Waals surface area contributed by atoms with Crippen molar-refractivity contribution in [2.24, 2.45) is 0 Å². The molecule has 0 heterocycles. The number of alkyl carbamates (subject to hydrolysis) is 1. The SMILES string of the molecule is CCOC(=O)CCNC(=O)C(c1ccc(O)cc1)N(C(=O)C(Cc1ccccc1)NC(=O)OC(C)(C)C)C(C)CC. The van der Waals surface area contributed by atoms with Gasteiger partial charge in [-0.1, -0.05) is 49.4 Å². The Labute approximate surface area is 242 Å². The molecule has 0 aliphatic rings. The van der Waals surface area contributed by atoms with Crippen molar-refractivity contribution in [3.05, 3.63) is 65.7 Å². The van der Waals surface area contributed by atoms with E-state index in [1.165, 1.54) is 17.0 Å². The van der Waals surface area contributed by atoms with Crippen molar-refractivity contribution in [3.63, 3.8) is 0 Å². The summed E-state index contributed by atoms with van der Waals surface area (Å²) in [7, 11) is 0. The number of aromatic hydroxyl groups is 1. The zero-order valence-electron chi connectivity index (χ0n) is 24.8. The molecule has 3 atom stereocenters. The van der Waals surface area contributed by atoms with Gasteiger partial charge in [0.25, 0.3) is 0 Å². The van der Waals surface area contributed by atoms with Crippen LogP contribution in [0.5, 0.6) is 5.75 Å². The van der Waals surface area contributed by atoms with Crippen molar-refractivity contribution in [1.82, 2.24) is 15.5 Å². The number of rotatable bonds is 13. The van der Waals surface area contributed by atoms with Crippen LogP contribution in [-0.2, 0) is 30.3 Å². The number of carbonyl (C=O) groups is 4. The predicted molar refractivity (Wildman–Crippen MR) is 155 cm³/mol. The second-order valence-electron chi connectivity index (χ2n) is 10.7. The van der Waals surface area contributed by atoms with Crippen LogP contribution in [0, 0.1) is 0 Å². The van der Waals surface area contributed by atoms with Crippen LogP contribution in [0.2, 0.25) is 0 Å². The fourth-order valence-corrected chi connectivity index (χ4v) is 4.19. The monoisotopic (exact) mass is 569 g/mol. The molecule has 0 bridgehead atoms. The van der Waals surface area contributed by atoms with Gasteiger partial charge in [-0.05, 0) is 64.3 Å². The maximum absolute atomic E-state index is 14.4. The summed E-state index contributed by atoms with van der Waals surface area (Å²) in [5.41, 5.74) is 0.487. The van der Waals surface area contributed by atoms with Crippen LogP contribution in [0.15, 0.2) is 54.6 Å². The van der Waals surface area contributed by atoms with E-state index in [-0.39, 0.29) is 31.7 Å². The molecule has 41 heavy (non-hydrogen) atoms. The number of phenols is 1. The third-order valence-electron chi connectivity index (χ3n) is 6.26. The van der Waals surface area contributed by atoms with E-state index in [9.17, 15) is 24.3 Å². The van der Waals surface area contributed by atoms with Crippen molar-refractivity contribution < 1.29 is 33.8 Å². The summed E-state index contributed by atoms with van der Waals surface area (Å²) >= 11 is 0. The number of ether oxygens (including phenoxy) is 2. The highest BCUT2D eigenvalue weighted by Gasteiger charge is 2.38. The van der Waals surface area contributed by atoms with Crippen LogP contribution in [-0.4, -0.2) is 64.7 Å². The number of benzene rings is 2. The van der Waals surface area contributed by atoms with Crippen LogP contribution in [0.4, 0.5) is 4.79 Å². The lowest BCUT2D eigenvalue weighted by molar-refractivity contribution is -0.146. The van der Waals surface area contributed by atoms with E-state index >= 15 is 0 Å². The number of hydrogen-bond acceptors (Lipinski definition) is 7. The third kappa shape index (κ3) is 10.8. The lowest BCUT2D eigenvalue weighted by atomic mass is 9.98. The molecule has 0 aliphatic carbocycles. The molecular weight excluding hydrogens is 526 g/mol. The standard InChI is InChI=1S/C31H43N3O7/c1-7-21(3)34(27(23-14-16-24(35)17-15-23)28(37)32-19-18-26(36)40-8-2)29(38)25(20-22-12-10-9-11-13-22)33-30(39)41-31(4,5)6/h9-17,21,25,27,35H,7-8,18-20H2,1-6H3,(H,32,37)(H,33,39). The molecular formula is C31H43N3O7. The smallest absolute Gasteiger partial charge is 0.408 e. The maximum atomic E-state index is 14.4. The molecule has 2 rings (SSSR count). The van der Waals surface area contributed by atoms with Gasteiger partial charge in [0.05, 0.1) is 13.0 Å². The van der Waals surface area contributed by atoms with Crippen LogP contribution in [0.3, 0.4) is 0 Å². The van der Waals surface area contributed by atoms with Gasteiger partial charge in [0.15, 0.2) is 0 Å². The molecule has 0 spiro atoms. The lowest BCUT2D eigenvalue weighted by Gasteiger charge is -2.38. The summed E-state index contributed by atoms with van der Waals surface area (Å²) in [4.78, 5) is 54.2. The van der Waals surface area contributed by atoms with E-state index in [1.807, 2.05) is 44.2 Å². The Bertz CT molecular complexity index is 1150. The largest absolute Gasteiger partial charge is 0.508 e. The predicted octanol–water partition coefficient (Wildman–Crippen LogP) is 4.27. The van der Waals surface area contributed by atoms with Gasteiger partial charge in [0.1, 0.15) is 23.4 Å². The Balaban J connectivity index is 2.50. The maximum Gasteiger partial charge on any atom is 0.408 e. The second kappa shape index (κ2) is 15.6. The van der Waals surface area contributed by atoms with Crippen molar-refractivity contribution in [3.8, 4) is 5.75 Å². The number of nitrogens with zero attached hydrogens (tertiary/aromatic N) is 1. The van der Waals surface area contributed by atoms with Gasteiger partial charge in [-0.3, -0.25) is 14.4 Å². The number of nitrogens with one attached hydrogen (secondary N) is 2. The Morgan fingerprint density at radius 1 is 0.976 bits per heavy atom. The molecule has 0 aromatic heterocycles.